The third kappa shape index (κ3) is 1.48. The van der Waals surface area contributed by atoms with Crippen LogP contribution in [0, 0.1) is 4.77 Å². The van der Waals surface area contributed by atoms with Crippen molar-refractivity contribution in [3.63, 3.8) is 0 Å². The molecule has 2 rings (SSSR count). The molecule has 6 nitrogen and oxygen atoms in total. The molecule has 0 aliphatic carbocycles. The Balaban J connectivity index is 2.29. The fraction of sp³-hybridized carbons (Fsp3) is 0.714. The van der Waals surface area contributed by atoms with Gasteiger partial charge in [0, 0.05) is 6.54 Å². The van der Waals surface area contributed by atoms with E-state index >= 15 is 0 Å². The van der Waals surface area contributed by atoms with Crippen molar-refractivity contribution in [3.05, 3.63) is 4.77 Å². The van der Waals surface area contributed by atoms with E-state index in [0.29, 0.717) is 23.9 Å². The number of morpholine rings is 1. The number of nitrogens with two attached hydrogens (primary N) is 1. The molecule has 78 valence electrons. The van der Waals surface area contributed by atoms with Gasteiger partial charge in [0.2, 0.25) is 10.7 Å². The maximum Gasteiger partial charge on any atom is 0.244 e. The molecule has 0 amide bonds. The van der Waals surface area contributed by atoms with Gasteiger partial charge in [-0.2, -0.15) is 0 Å². The van der Waals surface area contributed by atoms with E-state index in [9.17, 15) is 0 Å². The summed E-state index contributed by atoms with van der Waals surface area (Å²) in [7, 11) is 0. The molecule has 2 heterocycles. The Hall–Kier alpha value is -1.08. The van der Waals surface area contributed by atoms with Crippen LogP contribution in [0.5, 0.6) is 0 Å². The predicted molar refractivity (Wildman–Crippen MR) is 55.2 cm³/mol. The number of H-pyrrole nitrogens is 1. The molecule has 14 heavy (non-hydrogen) atoms. The van der Waals surface area contributed by atoms with Gasteiger partial charge in [0.25, 0.3) is 0 Å². The Morgan fingerprint density at radius 2 is 2.50 bits per heavy atom. The van der Waals surface area contributed by atoms with E-state index < -0.39 is 0 Å². The Kier molecular flexibility index (Phi) is 2.42. The summed E-state index contributed by atoms with van der Waals surface area (Å²) in [6.07, 6.45) is 0. The summed E-state index contributed by atoms with van der Waals surface area (Å²) in [6.45, 7) is 4.25. The number of nitrogens with one attached hydrogen (secondary N) is 1. The van der Waals surface area contributed by atoms with E-state index in [4.69, 9.17) is 22.8 Å². The number of nitrogens with zero attached hydrogens (tertiary/aromatic N) is 3. The summed E-state index contributed by atoms with van der Waals surface area (Å²) in [5.41, 5.74) is 0. The first kappa shape index (κ1) is 9.47. The summed E-state index contributed by atoms with van der Waals surface area (Å²) in [5.74, 6) is 6.40. The summed E-state index contributed by atoms with van der Waals surface area (Å²) in [6, 6.07) is 0.274. The molecule has 0 radical (unpaired) electrons. The largest absolute Gasteiger partial charge is 0.377 e. The maximum atomic E-state index is 5.73. The Bertz CT molecular complexity index is 372. The molecule has 3 N–H and O–H groups in total. The summed E-state index contributed by atoms with van der Waals surface area (Å²) >= 11 is 4.94. The fourth-order valence-corrected chi connectivity index (χ4v) is 1.65. The molecule has 1 aromatic rings. The molecule has 1 unspecified atom stereocenters. The second-order valence-electron chi connectivity index (χ2n) is 3.32. The zero-order valence-electron chi connectivity index (χ0n) is 7.93. The molecular weight excluding hydrogens is 202 g/mol. The van der Waals surface area contributed by atoms with Gasteiger partial charge in [-0.25, -0.2) is 9.77 Å². The van der Waals surface area contributed by atoms with Crippen LogP contribution in [0.15, 0.2) is 0 Å². The first-order valence-electron chi connectivity index (χ1n) is 4.47. The second kappa shape index (κ2) is 3.58. The van der Waals surface area contributed by atoms with Gasteiger partial charge in [-0.1, -0.05) is 0 Å². The first-order valence-corrected chi connectivity index (χ1v) is 4.88. The lowest BCUT2D eigenvalue weighted by Crippen LogP contribution is -2.45. The third-order valence-electron chi connectivity index (χ3n) is 2.31. The van der Waals surface area contributed by atoms with E-state index in [0.717, 1.165) is 6.54 Å². The van der Waals surface area contributed by atoms with E-state index in [1.807, 2.05) is 0 Å². The second-order valence-corrected chi connectivity index (χ2v) is 3.70. The van der Waals surface area contributed by atoms with Crippen molar-refractivity contribution in [3.8, 4) is 0 Å². The van der Waals surface area contributed by atoms with Crippen LogP contribution in [-0.2, 0) is 4.74 Å². The van der Waals surface area contributed by atoms with Crippen molar-refractivity contribution in [1.82, 2.24) is 14.9 Å². The fourth-order valence-electron chi connectivity index (χ4n) is 1.52. The molecule has 0 saturated carbocycles. The average molecular weight is 215 g/mol. The Labute approximate surface area is 86.6 Å². The minimum Gasteiger partial charge on any atom is -0.377 e. The number of anilines is 1. The minimum atomic E-state index is 0.274. The molecule has 0 bridgehead atoms. The topological polar surface area (TPSA) is 72.1 Å². The van der Waals surface area contributed by atoms with Crippen LogP contribution in [-0.4, -0.2) is 40.7 Å². The molecule has 7 heteroatoms. The van der Waals surface area contributed by atoms with Crippen LogP contribution >= 0.6 is 12.2 Å². The molecule has 1 aliphatic heterocycles. The first-order chi connectivity index (χ1) is 6.70. The third-order valence-corrected chi connectivity index (χ3v) is 2.60. The molecule has 0 spiro atoms. The molecule has 0 aromatic carbocycles. The number of aromatic amines is 1. The normalized spacial score (nSPS) is 22.6. The number of nitrogen functional groups attached to an aromatic ring is 1. The number of hydrogen-bond acceptors (Lipinski definition) is 5. The standard InChI is InChI=1S/C7H13N5OS/c1-5-4-13-3-2-11(5)6-9-10-7(14)12(6)8/h5H,2-4,8H2,1H3,(H,10,14). The highest BCUT2D eigenvalue weighted by Crippen LogP contribution is 2.14. The zero-order valence-corrected chi connectivity index (χ0v) is 8.75. The van der Waals surface area contributed by atoms with Gasteiger partial charge >= 0.3 is 0 Å². The highest BCUT2D eigenvalue weighted by atomic mass is 32.1. The van der Waals surface area contributed by atoms with Crippen molar-refractivity contribution >= 4 is 18.2 Å². The monoisotopic (exact) mass is 215 g/mol. The molecule has 1 fully saturated rings. The molecule has 1 atom stereocenters. The maximum absolute atomic E-state index is 5.73. The van der Waals surface area contributed by atoms with Crippen molar-refractivity contribution in [2.45, 2.75) is 13.0 Å². The zero-order chi connectivity index (χ0) is 10.1. The van der Waals surface area contributed by atoms with Crippen molar-refractivity contribution < 1.29 is 4.74 Å². The van der Waals surface area contributed by atoms with Gasteiger partial charge < -0.3 is 15.5 Å². The molecule has 1 aromatic heterocycles. The Morgan fingerprint density at radius 3 is 3.07 bits per heavy atom. The summed E-state index contributed by atoms with van der Waals surface area (Å²) in [4.78, 5) is 2.08. The van der Waals surface area contributed by atoms with E-state index in [1.54, 1.807) is 0 Å². The predicted octanol–water partition coefficient (Wildman–Crippen LogP) is -0.120. The van der Waals surface area contributed by atoms with Crippen LogP contribution in [0.4, 0.5) is 5.95 Å². The van der Waals surface area contributed by atoms with Crippen LogP contribution in [0.25, 0.3) is 0 Å². The number of hydrogen-bond donors (Lipinski definition) is 2. The SMILES string of the molecule is CC1COCCN1c1n[nH]c(=S)n1N. The molecule has 1 saturated heterocycles. The average Bonchev–Trinajstić information content (AvgIpc) is 2.49. The Morgan fingerprint density at radius 1 is 1.71 bits per heavy atom. The van der Waals surface area contributed by atoms with Crippen molar-refractivity contribution in [2.75, 3.05) is 30.5 Å². The van der Waals surface area contributed by atoms with Gasteiger partial charge in [-0.05, 0) is 19.1 Å². The van der Waals surface area contributed by atoms with Crippen molar-refractivity contribution in [2.24, 2.45) is 0 Å². The summed E-state index contributed by atoms with van der Waals surface area (Å²) < 4.78 is 7.14. The highest BCUT2D eigenvalue weighted by Gasteiger charge is 2.22. The van der Waals surface area contributed by atoms with E-state index in [1.165, 1.54) is 4.68 Å². The van der Waals surface area contributed by atoms with Crippen LogP contribution in [0.3, 0.4) is 0 Å². The lowest BCUT2D eigenvalue weighted by molar-refractivity contribution is 0.0978. The molecule has 1 aliphatic rings. The highest BCUT2D eigenvalue weighted by molar-refractivity contribution is 7.71. The number of rotatable bonds is 1. The number of ether oxygens (including phenoxy) is 1. The van der Waals surface area contributed by atoms with E-state index in [2.05, 4.69) is 22.0 Å². The van der Waals surface area contributed by atoms with Gasteiger partial charge in [0.15, 0.2) is 0 Å². The van der Waals surface area contributed by atoms with Crippen LogP contribution in [0.1, 0.15) is 6.92 Å². The van der Waals surface area contributed by atoms with Gasteiger partial charge in [-0.15, -0.1) is 5.10 Å². The van der Waals surface area contributed by atoms with E-state index in [-0.39, 0.29) is 6.04 Å². The van der Waals surface area contributed by atoms with Gasteiger partial charge in [0.1, 0.15) is 0 Å². The molecular formula is C7H13N5OS. The van der Waals surface area contributed by atoms with Gasteiger partial charge in [-0.3, -0.25) is 0 Å². The van der Waals surface area contributed by atoms with Crippen molar-refractivity contribution in [1.29, 1.82) is 0 Å². The minimum absolute atomic E-state index is 0.274. The van der Waals surface area contributed by atoms with Crippen LogP contribution < -0.4 is 10.7 Å². The smallest absolute Gasteiger partial charge is 0.244 e. The van der Waals surface area contributed by atoms with Gasteiger partial charge in [0.05, 0.1) is 19.3 Å². The van der Waals surface area contributed by atoms with Crippen LogP contribution in [0.2, 0.25) is 0 Å². The number of aromatic nitrogens is 3. The lowest BCUT2D eigenvalue weighted by atomic mass is 10.3. The lowest BCUT2D eigenvalue weighted by Gasteiger charge is -2.33. The summed E-state index contributed by atoms with van der Waals surface area (Å²) in [5, 5.41) is 6.74. The quantitative estimate of drug-likeness (QED) is 0.505.